The molecule has 21 heavy (non-hydrogen) atoms. The van der Waals surface area contributed by atoms with E-state index >= 15 is 0 Å². The van der Waals surface area contributed by atoms with Crippen LogP contribution in [0.5, 0.6) is 0 Å². The van der Waals surface area contributed by atoms with Gasteiger partial charge in [-0.15, -0.1) is 0 Å². The number of carbonyl (C=O) groups is 1. The molecule has 2 rings (SSSR count). The second-order valence-electron chi connectivity index (χ2n) is 4.27. The highest BCUT2D eigenvalue weighted by atomic mass is 32.2. The summed E-state index contributed by atoms with van der Waals surface area (Å²) in [6, 6.07) is 11.8. The molecule has 112 valence electrons. The van der Waals surface area contributed by atoms with Crippen LogP contribution in [0.25, 0.3) is 11.1 Å². The topological polar surface area (TPSA) is 77.2 Å². The summed E-state index contributed by atoms with van der Waals surface area (Å²) in [5.41, 5.74) is 3.10. The number of aldehydes is 1. The van der Waals surface area contributed by atoms with Crippen molar-refractivity contribution in [3.8, 4) is 11.1 Å². The first-order valence-electron chi connectivity index (χ1n) is 6.61. The SMILES string of the molecule is CC.Cc1cc(S(N)(=O)=O)ccc1-c1cccc(C=O)c1. The van der Waals surface area contributed by atoms with Crippen LogP contribution in [0.4, 0.5) is 0 Å². The minimum Gasteiger partial charge on any atom is -0.298 e. The zero-order valence-electron chi connectivity index (χ0n) is 12.3. The molecule has 0 saturated heterocycles. The minimum atomic E-state index is -3.69. The molecule has 0 aliphatic rings. The molecule has 0 unspecified atom stereocenters. The summed E-state index contributed by atoms with van der Waals surface area (Å²) in [6.45, 7) is 5.80. The number of carbonyl (C=O) groups excluding carboxylic acids is 1. The van der Waals surface area contributed by atoms with Gasteiger partial charge in [0, 0.05) is 5.56 Å². The summed E-state index contributed by atoms with van der Waals surface area (Å²) in [5.74, 6) is 0. The molecule has 0 spiro atoms. The monoisotopic (exact) mass is 305 g/mol. The van der Waals surface area contributed by atoms with E-state index in [-0.39, 0.29) is 4.90 Å². The van der Waals surface area contributed by atoms with Crippen molar-refractivity contribution in [1.29, 1.82) is 0 Å². The fourth-order valence-corrected chi connectivity index (χ4v) is 2.52. The van der Waals surface area contributed by atoms with E-state index < -0.39 is 10.0 Å². The van der Waals surface area contributed by atoms with Gasteiger partial charge in [0.1, 0.15) is 6.29 Å². The van der Waals surface area contributed by atoms with Crippen molar-refractivity contribution in [1.82, 2.24) is 0 Å². The first-order chi connectivity index (χ1) is 9.91. The van der Waals surface area contributed by atoms with Gasteiger partial charge in [0.2, 0.25) is 10.0 Å². The van der Waals surface area contributed by atoms with Gasteiger partial charge in [0.05, 0.1) is 4.90 Å². The predicted octanol–water partition coefficient (Wildman–Crippen LogP) is 3.15. The van der Waals surface area contributed by atoms with Gasteiger partial charge in [0.25, 0.3) is 0 Å². The highest BCUT2D eigenvalue weighted by Crippen LogP contribution is 2.25. The summed E-state index contributed by atoms with van der Waals surface area (Å²) < 4.78 is 22.5. The lowest BCUT2D eigenvalue weighted by molar-refractivity contribution is 0.112. The predicted molar refractivity (Wildman–Crippen MR) is 84.7 cm³/mol. The highest BCUT2D eigenvalue weighted by Gasteiger charge is 2.10. The van der Waals surface area contributed by atoms with Gasteiger partial charge in [-0.05, 0) is 41.8 Å². The highest BCUT2D eigenvalue weighted by molar-refractivity contribution is 7.89. The van der Waals surface area contributed by atoms with E-state index in [1.54, 1.807) is 31.2 Å². The third-order valence-corrected chi connectivity index (χ3v) is 3.77. The molecule has 0 fully saturated rings. The number of primary sulfonamides is 1. The van der Waals surface area contributed by atoms with Crippen LogP contribution in [0.2, 0.25) is 0 Å². The third kappa shape index (κ3) is 4.24. The summed E-state index contributed by atoms with van der Waals surface area (Å²) in [6.07, 6.45) is 0.775. The Labute approximate surface area is 125 Å². The molecule has 0 heterocycles. The number of rotatable bonds is 3. The van der Waals surface area contributed by atoms with Crippen molar-refractivity contribution in [2.75, 3.05) is 0 Å². The molecule has 0 aliphatic heterocycles. The smallest absolute Gasteiger partial charge is 0.238 e. The van der Waals surface area contributed by atoms with Crippen LogP contribution < -0.4 is 5.14 Å². The van der Waals surface area contributed by atoms with E-state index in [0.29, 0.717) is 5.56 Å². The Bertz CT molecular complexity index is 737. The zero-order chi connectivity index (χ0) is 16.0. The maximum atomic E-state index is 11.3. The van der Waals surface area contributed by atoms with Gasteiger partial charge in [-0.25, -0.2) is 13.6 Å². The molecule has 4 nitrogen and oxygen atoms in total. The van der Waals surface area contributed by atoms with Gasteiger partial charge in [-0.1, -0.05) is 38.1 Å². The van der Waals surface area contributed by atoms with Crippen LogP contribution in [0, 0.1) is 6.92 Å². The van der Waals surface area contributed by atoms with Crippen LogP contribution in [0.15, 0.2) is 47.4 Å². The molecule has 0 aliphatic carbocycles. The van der Waals surface area contributed by atoms with Gasteiger partial charge < -0.3 is 0 Å². The van der Waals surface area contributed by atoms with Crippen LogP contribution >= 0.6 is 0 Å². The van der Waals surface area contributed by atoms with Gasteiger partial charge >= 0.3 is 0 Å². The van der Waals surface area contributed by atoms with Crippen LogP contribution in [0.3, 0.4) is 0 Å². The van der Waals surface area contributed by atoms with Crippen molar-refractivity contribution in [3.63, 3.8) is 0 Å². The van der Waals surface area contributed by atoms with Gasteiger partial charge in [-0.2, -0.15) is 0 Å². The molecule has 0 atom stereocenters. The number of hydrogen-bond donors (Lipinski definition) is 1. The fourth-order valence-electron chi connectivity index (χ4n) is 1.92. The summed E-state index contributed by atoms with van der Waals surface area (Å²) in [4.78, 5) is 10.8. The largest absolute Gasteiger partial charge is 0.298 e. The van der Waals surface area contributed by atoms with Crippen LogP contribution in [0.1, 0.15) is 29.8 Å². The maximum absolute atomic E-state index is 11.3. The average molecular weight is 305 g/mol. The Hall–Kier alpha value is -1.98. The normalized spacial score (nSPS) is 10.5. The number of sulfonamides is 1. The molecular weight excluding hydrogens is 286 g/mol. The van der Waals surface area contributed by atoms with Crippen molar-refractivity contribution < 1.29 is 13.2 Å². The quantitative estimate of drug-likeness (QED) is 0.885. The molecule has 2 N–H and O–H groups in total. The molecule has 5 heteroatoms. The third-order valence-electron chi connectivity index (χ3n) is 2.86. The summed E-state index contributed by atoms with van der Waals surface area (Å²) in [7, 11) is -3.69. The number of benzene rings is 2. The first kappa shape index (κ1) is 17.1. The Morgan fingerprint density at radius 3 is 2.24 bits per heavy atom. The van der Waals surface area contributed by atoms with Crippen LogP contribution in [-0.4, -0.2) is 14.7 Å². The van der Waals surface area contributed by atoms with E-state index in [4.69, 9.17) is 5.14 Å². The van der Waals surface area contributed by atoms with Crippen molar-refractivity contribution in [2.24, 2.45) is 5.14 Å². The summed E-state index contributed by atoms with van der Waals surface area (Å²) in [5, 5.41) is 5.09. The van der Waals surface area contributed by atoms with E-state index in [1.165, 1.54) is 12.1 Å². The molecular formula is C16H19NO3S. The van der Waals surface area contributed by atoms with E-state index in [1.807, 2.05) is 19.9 Å². The molecule has 0 amide bonds. The lowest BCUT2D eigenvalue weighted by atomic mass is 9.99. The number of nitrogens with two attached hydrogens (primary N) is 1. The molecule has 2 aromatic carbocycles. The lowest BCUT2D eigenvalue weighted by Crippen LogP contribution is -2.12. The first-order valence-corrected chi connectivity index (χ1v) is 8.15. The average Bonchev–Trinajstić information content (AvgIpc) is 2.48. The van der Waals surface area contributed by atoms with Crippen molar-refractivity contribution in [3.05, 3.63) is 53.6 Å². The van der Waals surface area contributed by atoms with Gasteiger partial charge in [0.15, 0.2) is 0 Å². The summed E-state index contributed by atoms with van der Waals surface area (Å²) >= 11 is 0. The van der Waals surface area contributed by atoms with E-state index in [2.05, 4.69) is 0 Å². The Balaban J connectivity index is 0.00000106. The Morgan fingerprint density at radius 1 is 1.05 bits per heavy atom. The molecule has 0 bridgehead atoms. The molecule has 0 aromatic heterocycles. The number of aryl methyl sites for hydroxylation is 1. The lowest BCUT2D eigenvalue weighted by Gasteiger charge is -2.08. The van der Waals surface area contributed by atoms with Gasteiger partial charge in [-0.3, -0.25) is 4.79 Å². The second-order valence-corrected chi connectivity index (χ2v) is 5.83. The molecule has 2 aromatic rings. The molecule has 0 saturated carbocycles. The van der Waals surface area contributed by atoms with Crippen LogP contribution in [-0.2, 0) is 10.0 Å². The number of hydrogen-bond acceptors (Lipinski definition) is 3. The Morgan fingerprint density at radius 2 is 1.71 bits per heavy atom. The Kier molecular flexibility index (Phi) is 5.81. The zero-order valence-corrected chi connectivity index (χ0v) is 13.1. The minimum absolute atomic E-state index is 0.0836. The maximum Gasteiger partial charge on any atom is 0.238 e. The van der Waals surface area contributed by atoms with E-state index in [0.717, 1.165) is 23.0 Å². The van der Waals surface area contributed by atoms with Crippen molar-refractivity contribution in [2.45, 2.75) is 25.7 Å². The standard InChI is InChI=1S/C14H13NO3S.C2H6/c1-10-7-13(19(15,17)18)5-6-14(10)12-4-2-3-11(8-12)9-16;1-2/h2-9H,1H3,(H2,15,17,18);1-2H3. The second kappa shape index (κ2) is 7.15. The van der Waals surface area contributed by atoms with E-state index in [9.17, 15) is 13.2 Å². The molecule has 0 radical (unpaired) electrons. The van der Waals surface area contributed by atoms with Crippen molar-refractivity contribution >= 4 is 16.3 Å². The fraction of sp³-hybridized carbons (Fsp3) is 0.188.